The number of hydrogen-bond acceptors (Lipinski definition) is 4. The van der Waals surface area contributed by atoms with Gasteiger partial charge in [-0.15, -0.1) is 0 Å². The summed E-state index contributed by atoms with van der Waals surface area (Å²) in [7, 11) is 0. The minimum Gasteiger partial charge on any atom is -0.376 e. The number of benzene rings is 1. The van der Waals surface area contributed by atoms with Gasteiger partial charge in [-0.05, 0) is 25.0 Å². The van der Waals surface area contributed by atoms with E-state index in [1.807, 2.05) is 36.5 Å². The molecule has 3 rings (SSSR count). The molecule has 1 N–H and O–H groups in total. The molecule has 0 spiro atoms. The van der Waals surface area contributed by atoms with Crippen LogP contribution in [0.5, 0.6) is 0 Å². The maximum Gasteiger partial charge on any atom is 0.234 e. The Morgan fingerprint density at radius 3 is 3.05 bits per heavy atom. The quantitative estimate of drug-likeness (QED) is 0.832. The molecule has 1 atom stereocenters. The molecule has 0 bridgehead atoms. The Bertz CT molecular complexity index is 609. The summed E-state index contributed by atoms with van der Waals surface area (Å²) >= 11 is 1.45. The third kappa shape index (κ3) is 4.11. The molecule has 1 unspecified atom stereocenters. The first-order valence-electron chi connectivity index (χ1n) is 7.42. The zero-order valence-corrected chi connectivity index (χ0v) is 13.1. The van der Waals surface area contributed by atoms with Crippen LogP contribution in [-0.2, 0) is 16.1 Å². The zero-order valence-electron chi connectivity index (χ0n) is 12.3. The van der Waals surface area contributed by atoms with Crippen LogP contribution in [0.15, 0.2) is 47.9 Å². The summed E-state index contributed by atoms with van der Waals surface area (Å²) in [5, 5.41) is 3.74. The van der Waals surface area contributed by atoms with E-state index in [-0.39, 0.29) is 12.0 Å². The Labute approximate surface area is 134 Å². The van der Waals surface area contributed by atoms with E-state index in [4.69, 9.17) is 4.74 Å². The first kappa shape index (κ1) is 15.1. The number of para-hydroxylation sites is 1. The maximum absolute atomic E-state index is 12.0. The smallest absolute Gasteiger partial charge is 0.234 e. The Morgan fingerprint density at radius 1 is 1.41 bits per heavy atom. The molecule has 1 aromatic heterocycles. The van der Waals surface area contributed by atoms with Crippen LogP contribution in [0.3, 0.4) is 0 Å². The molecule has 2 aromatic rings. The predicted octanol–water partition coefficient (Wildman–Crippen LogP) is 2.79. The molecule has 22 heavy (non-hydrogen) atoms. The maximum atomic E-state index is 12.0. The summed E-state index contributed by atoms with van der Waals surface area (Å²) in [6, 6.07) is 9.47. The lowest BCUT2D eigenvalue weighted by molar-refractivity contribution is -0.113. The highest BCUT2D eigenvalue weighted by Gasteiger charge is 2.17. The molecule has 1 fully saturated rings. The van der Waals surface area contributed by atoms with E-state index in [1.54, 1.807) is 6.20 Å². The molecule has 6 heteroatoms. The fourth-order valence-corrected chi connectivity index (χ4v) is 3.20. The van der Waals surface area contributed by atoms with Crippen molar-refractivity contribution in [3.8, 4) is 0 Å². The van der Waals surface area contributed by atoms with Gasteiger partial charge in [-0.3, -0.25) is 4.79 Å². The fourth-order valence-electron chi connectivity index (χ4n) is 2.43. The average Bonchev–Trinajstić information content (AvgIpc) is 3.19. The molecule has 116 valence electrons. The lowest BCUT2D eigenvalue weighted by Crippen LogP contribution is -2.17. The molecule has 0 aliphatic carbocycles. The Hall–Kier alpha value is -1.79. The summed E-state index contributed by atoms with van der Waals surface area (Å²) < 4.78 is 7.71. The zero-order chi connectivity index (χ0) is 15.2. The normalized spacial score (nSPS) is 17.5. The van der Waals surface area contributed by atoms with Crippen molar-refractivity contribution in [2.75, 3.05) is 17.7 Å². The van der Waals surface area contributed by atoms with E-state index in [9.17, 15) is 4.79 Å². The molecule has 1 aliphatic heterocycles. The van der Waals surface area contributed by atoms with Gasteiger partial charge in [-0.1, -0.05) is 30.0 Å². The highest BCUT2D eigenvalue weighted by molar-refractivity contribution is 7.99. The van der Waals surface area contributed by atoms with Crippen LogP contribution in [0, 0.1) is 0 Å². The molecule has 1 aromatic carbocycles. The van der Waals surface area contributed by atoms with Gasteiger partial charge in [0.15, 0.2) is 5.16 Å². The number of carbonyl (C=O) groups excluding carboxylic acids is 1. The lowest BCUT2D eigenvalue weighted by Gasteiger charge is -2.12. The first-order chi connectivity index (χ1) is 10.8. The van der Waals surface area contributed by atoms with Crippen LogP contribution in [0.2, 0.25) is 0 Å². The number of carbonyl (C=O) groups is 1. The van der Waals surface area contributed by atoms with E-state index < -0.39 is 0 Å². The summed E-state index contributed by atoms with van der Waals surface area (Å²) in [4.78, 5) is 16.3. The van der Waals surface area contributed by atoms with Crippen LogP contribution < -0.4 is 5.32 Å². The van der Waals surface area contributed by atoms with E-state index in [2.05, 4.69) is 14.9 Å². The highest BCUT2D eigenvalue weighted by atomic mass is 32.2. The first-order valence-corrected chi connectivity index (χ1v) is 8.40. The minimum atomic E-state index is -0.0251. The van der Waals surface area contributed by atoms with Crippen LogP contribution in [0.1, 0.15) is 12.8 Å². The molecule has 2 heterocycles. The van der Waals surface area contributed by atoms with Gasteiger partial charge in [0.1, 0.15) is 0 Å². The van der Waals surface area contributed by atoms with Crippen molar-refractivity contribution >= 4 is 23.4 Å². The average molecular weight is 317 g/mol. The minimum absolute atomic E-state index is 0.0251. The van der Waals surface area contributed by atoms with Gasteiger partial charge in [0, 0.05) is 24.7 Å². The standard InChI is InChI=1S/C16H19N3O2S/c20-15(18-13-5-2-1-3-6-13)12-22-16-17-8-9-19(16)11-14-7-4-10-21-14/h1-3,5-6,8-9,14H,4,7,10-12H2,(H,18,20). The van der Waals surface area contributed by atoms with E-state index >= 15 is 0 Å². The molecule has 5 nitrogen and oxygen atoms in total. The van der Waals surface area contributed by atoms with Crippen molar-refractivity contribution in [3.05, 3.63) is 42.7 Å². The van der Waals surface area contributed by atoms with Crippen molar-refractivity contribution in [1.82, 2.24) is 9.55 Å². The number of ether oxygens (including phenoxy) is 1. The number of imidazole rings is 1. The second-order valence-corrected chi connectivity index (χ2v) is 6.14. The van der Waals surface area contributed by atoms with E-state index in [0.717, 1.165) is 36.8 Å². The second-order valence-electron chi connectivity index (χ2n) is 5.20. The Kier molecular flexibility index (Phi) is 5.13. The van der Waals surface area contributed by atoms with Crippen molar-refractivity contribution in [1.29, 1.82) is 0 Å². The number of hydrogen-bond donors (Lipinski definition) is 1. The third-order valence-corrected chi connectivity index (χ3v) is 4.50. The summed E-state index contributed by atoms with van der Waals surface area (Å²) in [6.45, 7) is 1.66. The number of nitrogens with one attached hydrogen (secondary N) is 1. The van der Waals surface area contributed by atoms with Gasteiger partial charge >= 0.3 is 0 Å². The summed E-state index contributed by atoms with van der Waals surface area (Å²) in [5.74, 6) is 0.320. The monoisotopic (exact) mass is 317 g/mol. The molecular formula is C16H19N3O2S. The molecule has 1 saturated heterocycles. The van der Waals surface area contributed by atoms with Crippen molar-refractivity contribution in [3.63, 3.8) is 0 Å². The molecule has 1 aliphatic rings. The number of aromatic nitrogens is 2. The second kappa shape index (κ2) is 7.47. The van der Waals surface area contributed by atoms with Crippen molar-refractivity contribution < 1.29 is 9.53 Å². The van der Waals surface area contributed by atoms with Gasteiger partial charge in [-0.25, -0.2) is 4.98 Å². The van der Waals surface area contributed by atoms with Crippen LogP contribution in [0.4, 0.5) is 5.69 Å². The number of rotatable bonds is 6. The van der Waals surface area contributed by atoms with Crippen LogP contribution >= 0.6 is 11.8 Å². The van der Waals surface area contributed by atoms with E-state index in [1.165, 1.54) is 11.8 Å². The molecule has 1 amide bonds. The summed E-state index contributed by atoms with van der Waals surface area (Å²) in [5.41, 5.74) is 0.816. The van der Waals surface area contributed by atoms with Crippen molar-refractivity contribution in [2.45, 2.75) is 30.6 Å². The summed E-state index contributed by atoms with van der Waals surface area (Å²) in [6.07, 6.45) is 6.20. The molecular weight excluding hydrogens is 298 g/mol. The van der Waals surface area contributed by atoms with Gasteiger partial charge in [0.05, 0.1) is 18.4 Å². The molecule has 0 radical (unpaired) electrons. The molecule has 0 saturated carbocycles. The van der Waals surface area contributed by atoms with Gasteiger partial charge < -0.3 is 14.6 Å². The van der Waals surface area contributed by atoms with Gasteiger partial charge in [0.2, 0.25) is 5.91 Å². The SMILES string of the molecule is O=C(CSc1nccn1CC1CCCO1)Nc1ccccc1. The van der Waals surface area contributed by atoms with Crippen LogP contribution in [0.25, 0.3) is 0 Å². The number of anilines is 1. The van der Waals surface area contributed by atoms with E-state index in [0.29, 0.717) is 5.75 Å². The predicted molar refractivity (Wildman–Crippen MR) is 87.0 cm³/mol. The highest BCUT2D eigenvalue weighted by Crippen LogP contribution is 2.20. The van der Waals surface area contributed by atoms with Gasteiger partial charge in [0.25, 0.3) is 0 Å². The topological polar surface area (TPSA) is 56.2 Å². The third-order valence-electron chi connectivity index (χ3n) is 3.49. The number of amides is 1. The van der Waals surface area contributed by atoms with Crippen LogP contribution in [-0.4, -0.2) is 33.9 Å². The Balaban J connectivity index is 1.51. The number of nitrogens with zero attached hydrogens (tertiary/aromatic N) is 2. The number of thioether (sulfide) groups is 1. The Morgan fingerprint density at radius 2 is 2.27 bits per heavy atom. The van der Waals surface area contributed by atoms with Gasteiger partial charge in [-0.2, -0.15) is 0 Å². The largest absolute Gasteiger partial charge is 0.376 e. The lowest BCUT2D eigenvalue weighted by atomic mass is 10.2. The fraction of sp³-hybridized carbons (Fsp3) is 0.375. The van der Waals surface area contributed by atoms with Crippen molar-refractivity contribution in [2.24, 2.45) is 0 Å².